The first-order chi connectivity index (χ1) is 9.77. The average Bonchev–Trinajstić information content (AvgIpc) is 2.80. The molecule has 0 aromatic carbocycles. The van der Waals surface area contributed by atoms with Crippen molar-refractivity contribution >= 4 is 11.8 Å². The molecule has 0 aliphatic rings. The van der Waals surface area contributed by atoms with Crippen LogP contribution in [0.3, 0.4) is 0 Å². The van der Waals surface area contributed by atoms with Crippen molar-refractivity contribution in [2.45, 2.75) is 12.7 Å². The lowest BCUT2D eigenvalue weighted by atomic mass is 10.2. The highest BCUT2D eigenvalue weighted by atomic mass is 19.4. The number of aromatic carboxylic acids is 1. The second-order valence-corrected chi connectivity index (χ2v) is 4.23. The van der Waals surface area contributed by atoms with Gasteiger partial charge in [-0.2, -0.15) is 18.3 Å². The van der Waals surface area contributed by atoms with E-state index in [4.69, 9.17) is 5.11 Å². The van der Waals surface area contributed by atoms with Gasteiger partial charge >= 0.3 is 12.1 Å². The molecule has 0 amide bonds. The Bertz CT molecular complexity index is 667. The van der Waals surface area contributed by atoms with Crippen LogP contribution in [0.5, 0.6) is 0 Å². The summed E-state index contributed by atoms with van der Waals surface area (Å²) in [4.78, 5) is 14.4. The molecule has 0 aliphatic heterocycles. The van der Waals surface area contributed by atoms with Crippen molar-refractivity contribution in [1.82, 2.24) is 14.8 Å². The lowest BCUT2D eigenvalue weighted by Crippen LogP contribution is -2.14. The van der Waals surface area contributed by atoms with Gasteiger partial charge in [-0.1, -0.05) is 0 Å². The first-order valence-corrected chi connectivity index (χ1v) is 5.81. The molecule has 2 aromatic rings. The smallest absolute Gasteiger partial charge is 0.433 e. The number of carboxylic acid groups (broad SMARTS) is 1. The van der Waals surface area contributed by atoms with Crippen molar-refractivity contribution in [3.8, 4) is 0 Å². The first-order valence-electron chi connectivity index (χ1n) is 5.81. The van der Waals surface area contributed by atoms with Crippen LogP contribution in [0.1, 0.15) is 21.7 Å². The molecule has 2 rings (SSSR count). The Morgan fingerprint density at radius 3 is 2.62 bits per heavy atom. The highest BCUT2D eigenvalue weighted by Crippen LogP contribution is 2.29. The van der Waals surface area contributed by atoms with Crippen LogP contribution in [0.25, 0.3) is 0 Å². The number of aryl methyl sites for hydroxylation is 1. The summed E-state index contributed by atoms with van der Waals surface area (Å²) in [7, 11) is 1.69. The molecule has 0 atom stereocenters. The van der Waals surface area contributed by atoms with Gasteiger partial charge in [-0.25, -0.2) is 9.78 Å². The maximum Gasteiger partial charge on any atom is 0.433 e. The van der Waals surface area contributed by atoms with Crippen molar-refractivity contribution in [3.63, 3.8) is 0 Å². The molecule has 2 N–H and O–H groups in total. The second kappa shape index (κ2) is 5.43. The Labute approximate surface area is 117 Å². The van der Waals surface area contributed by atoms with Crippen molar-refractivity contribution < 1.29 is 23.1 Å². The molecule has 2 heterocycles. The molecule has 6 nitrogen and oxygen atoms in total. The van der Waals surface area contributed by atoms with Crippen LogP contribution in [0.4, 0.5) is 19.0 Å². The molecule has 0 unspecified atom stereocenters. The van der Waals surface area contributed by atoms with E-state index in [1.165, 1.54) is 4.68 Å². The van der Waals surface area contributed by atoms with E-state index in [2.05, 4.69) is 15.4 Å². The summed E-state index contributed by atoms with van der Waals surface area (Å²) in [5.74, 6) is -1.71. The number of aromatic nitrogens is 3. The average molecular weight is 300 g/mol. The maximum atomic E-state index is 12.6. The number of carbonyl (C=O) groups is 1. The quantitative estimate of drug-likeness (QED) is 0.904. The van der Waals surface area contributed by atoms with E-state index in [0.29, 0.717) is 11.8 Å². The van der Waals surface area contributed by atoms with Crippen LogP contribution in [0.15, 0.2) is 24.4 Å². The normalized spacial score (nSPS) is 11.4. The van der Waals surface area contributed by atoms with E-state index in [9.17, 15) is 18.0 Å². The molecule has 21 heavy (non-hydrogen) atoms. The molecule has 9 heteroatoms. The van der Waals surface area contributed by atoms with Crippen LogP contribution >= 0.6 is 0 Å². The molecule has 2 aromatic heterocycles. The zero-order valence-corrected chi connectivity index (χ0v) is 10.8. The monoisotopic (exact) mass is 300 g/mol. The number of nitrogens with one attached hydrogen (secondary N) is 1. The van der Waals surface area contributed by atoms with E-state index in [-0.39, 0.29) is 17.9 Å². The highest BCUT2D eigenvalue weighted by Gasteiger charge is 2.33. The molecular weight excluding hydrogens is 289 g/mol. The third-order valence-electron chi connectivity index (χ3n) is 2.62. The molecule has 0 saturated heterocycles. The van der Waals surface area contributed by atoms with Crippen LogP contribution in [0, 0.1) is 0 Å². The van der Waals surface area contributed by atoms with Gasteiger partial charge in [0, 0.05) is 13.2 Å². The summed E-state index contributed by atoms with van der Waals surface area (Å²) in [6, 6.07) is 3.16. The molecule has 0 aliphatic carbocycles. The number of alkyl halides is 3. The minimum absolute atomic E-state index is 0.0649. The minimum Gasteiger partial charge on any atom is -0.478 e. The summed E-state index contributed by atoms with van der Waals surface area (Å²) < 4.78 is 39.4. The van der Waals surface area contributed by atoms with Gasteiger partial charge in [0.15, 0.2) is 0 Å². The maximum absolute atomic E-state index is 12.6. The van der Waals surface area contributed by atoms with E-state index >= 15 is 0 Å². The predicted molar refractivity (Wildman–Crippen MR) is 66.7 cm³/mol. The van der Waals surface area contributed by atoms with Crippen LogP contribution in [-0.2, 0) is 19.8 Å². The fourth-order valence-corrected chi connectivity index (χ4v) is 1.66. The van der Waals surface area contributed by atoms with Crippen LogP contribution in [-0.4, -0.2) is 25.8 Å². The molecule has 112 valence electrons. The zero-order chi connectivity index (χ0) is 15.6. The summed E-state index contributed by atoms with van der Waals surface area (Å²) in [5, 5.41) is 15.6. The predicted octanol–water partition coefficient (Wildman–Crippen LogP) is 2.14. The fraction of sp³-hybridized carbons (Fsp3) is 0.250. The number of nitrogens with zero attached hydrogens (tertiary/aromatic N) is 3. The number of rotatable bonds is 4. The van der Waals surface area contributed by atoms with Gasteiger partial charge in [-0.15, -0.1) is 0 Å². The standard InChI is InChI=1S/C12H11F3N4O2/c1-19-5-4-7(18-19)6-16-10-8(11(20)21)2-3-9(17-10)12(13,14)15/h2-5H,6H2,1H3,(H,16,17)(H,20,21). The number of halogens is 3. The number of anilines is 1. The second-order valence-electron chi connectivity index (χ2n) is 4.23. The Kier molecular flexibility index (Phi) is 3.83. The molecule has 0 spiro atoms. The minimum atomic E-state index is -4.64. The summed E-state index contributed by atoms with van der Waals surface area (Å²) >= 11 is 0. The van der Waals surface area contributed by atoms with Gasteiger partial charge in [0.05, 0.1) is 12.2 Å². The third-order valence-corrected chi connectivity index (χ3v) is 2.62. The molecule has 0 saturated carbocycles. The number of hydrogen-bond acceptors (Lipinski definition) is 4. The Balaban J connectivity index is 2.28. The highest BCUT2D eigenvalue weighted by molar-refractivity contribution is 5.93. The van der Waals surface area contributed by atoms with Crippen LogP contribution in [0.2, 0.25) is 0 Å². The molecule has 0 radical (unpaired) electrons. The largest absolute Gasteiger partial charge is 0.478 e. The first kappa shape index (κ1) is 14.8. The SMILES string of the molecule is Cn1ccc(CNc2nc(C(F)(F)F)ccc2C(=O)O)n1. The van der Waals surface area contributed by atoms with E-state index < -0.39 is 17.8 Å². The molecular formula is C12H11F3N4O2. The zero-order valence-electron chi connectivity index (χ0n) is 10.8. The van der Waals surface area contributed by atoms with E-state index in [1.54, 1.807) is 19.3 Å². The lowest BCUT2D eigenvalue weighted by molar-refractivity contribution is -0.141. The van der Waals surface area contributed by atoms with Crippen molar-refractivity contribution in [2.24, 2.45) is 7.05 Å². The summed E-state index contributed by atoms with van der Waals surface area (Å²) in [6.07, 6.45) is -2.98. The Hall–Kier alpha value is -2.58. The number of pyridine rings is 1. The molecule has 0 fully saturated rings. The topological polar surface area (TPSA) is 80.0 Å². The van der Waals surface area contributed by atoms with Crippen molar-refractivity contribution in [1.29, 1.82) is 0 Å². The van der Waals surface area contributed by atoms with Crippen LogP contribution < -0.4 is 5.32 Å². The van der Waals surface area contributed by atoms with Gasteiger partial charge in [-0.3, -0.25) is 4.68 Å². The van der Waals surface area contributed by atoms with Gasteiger partial charge in [0.1, 0.15) is 17.1 Å². The van der Waals surface area contributed by atoms with E-state index in [0.717, 1.165) is 6.07 Å². The number of hydrogen-bond donors (Lipinski definition) is 2. The lowest BCUT2D eigenvalue weighted by Gasteiger charge is -2.11. The number of carboxylic acids is 1. The fourth-order valence-electron chi connectivity index (χ4n) is 1.66. The van der Waals surface area contributed by atoms with E-state index in [1.807, 2.05) is 0 Å². The summed E-state index contributed by atoms with van der Waals surface area (Å²) in [6.45, 7) is 0.0649. The summed E-state index contributed by atoms with van der Waals surface area (Å²) in [5.41, 5.74) is -0.942. The van der Waals surface area contributed by atoms with Gasteiger partial charge in [-0.05, 0) is 18.2 Å². The Morgan fingerprint density at radius 2 is 2.10 bits per heavy atom. The van der Waals surface area contributed by atoms with Crippen molar-refractivity contribution in [3.05, 3.63) is 41.3 Å². The van der Waals surface area contributed by atoms with Crippen molar-refractivity contribution in [2.75, 3.05) is 5.32 Å². The third kappa shape index (κ3) is 3.50. The van der Waals surface area contributed by atoms with Gasteiger partial charge in [0.25, 0.3) is 0 Å². The van der Waals surface area contributed by atoms with Gasteiger partial charge < -0.3 is 10.4 Å². The van der Waals surface area contributed by atoms with Gasteiger partial charge in [0.2, 0.25) is 0 Å². The Morgan fingerprint density at radius 1 is 1.38 bits per heavy atom. The molecule has 0 bridgehead atoms.